The summed E-state index contributed by atoms with van der Waals surface area (Å²) in [7, 11) is 2.26. The highest BCUT2D eigenvalue weighted by Gasteiger charge is 2.21. The topological polar surface area (TPSA) is 46.5 Å². The van der Waals surface area contributed by atoms with Crippen LogP contribution >= 0.6 is 11.3 Å². The maximum Gasteiger partial charge on any atom is 0.141 e. The SMILES string of the molecule is CN1CCCC1CCn1c(Cc2ccccc2)cc2cc(N=C(N)c3cccs3)ccc21. The van der Waals surface area contributed by atoms with Gasteiger partial charge in [-0.25, -0.2) is 4.99 Å². The maximum atomic E-state index is 6.23. The predicted molar refractivity (Wildman–Crippen MR) is 136 cm³/mol. The molecule has 164 valence electrons. The molecule has 1 aliphatic heterocycles. The minimum Gasteiger partial charge on any atom is -0.383 e. The van der Waals surface area contributed by atoms with Gasteiger partial charge in [-0.15, -0.1) is 11.3 Å². The third-order valence-corrected chi connectivity index (χ3v) is 7.47. The molecule has 1 saturated heterocycles. The van der Waals surface area contributed by atoms with E-state index in [9.17, 15) is 0 Å². The summed E-state index contributed by atoms with van der Waals surface area (Å²) in [5, 5.41) is 3.26. The number of aromatic nitrogens is 1. The van der Waals surface area contributed by atoms with Crippen molar-refractivity contribution >= 4 is 33.8 Å². The van der Waals surface area contributed by atoms with E-state index in [1.54, 1.807) is 11.3 Å². The van der Waals surface area contributed by atoms with Gasteiger partial charge in [0.1, 0.15) is 5.84 Å². The number of thiophene rings is 1. The Kier molecular flexibility index (Phi) is 6.10. The third kappa shape index (κ3) is 4.50. The second-order valence-corrected chi connectivity index (χ2v) is 9.68. The van der Waals surface area contributed by atoms with Crippen LogP contribution < -0.4 is 5.73 Å². The van der Waals surface area contributed by atoms with Crippen LogP contribution in [0.1, 0.15) is 35.4 Å². The van der Waals surface area contributed by atoms with Gasteiger partial charge < -0.3 is 15.2 Å². The average molecular weight is 443 g/mol. The van der Waals surface area contributed by atoms with Gasteiger partial charge in [-0.05, 0) is 74.1 Å². The van der Waals surface area contributed by atoms with Crippen molar-refractivity contribution in [2.75, 3.05) is 13.6 Å². The molecule has 0 spiro atoms. The lowest BCUT2D eigenvalue weighted by atomic mass is 10.1. The molecular weight excluding hydrogens is 412 g/mol. The molecule has 0 aliphatic carbocycles. The minimum absolute atomic E-state index is 0.576. The van der Waals surface area contributed by atoms with Crippen molar-refractivity contribution in [3.8, 4) is 0 Å². The zero-order chi connectivity index (χ0) is 21.9. The molecule has 4 nitrogen and oxygen atoms in total. The standard InChI is InChI=1S/C27H30N4S/c1-30-14-5-9-23(30)13-15-31-24(17-20-7-3-2-4-8-20)19-21-18-22(11-12-25(21)31)29-27(28)26-10-6-16-32-26/h2-4,6-8,10-12,16,18-19,23H,5,9,13-15,17H2,1H3,(H2,28,29). The molecule has 2 aromatic heterocycles. The summed E-state index contributed by atoms with van der Waals surface area (Å²) >= 11 is 1.62. The highest BCUT2D eigenvalue weighted by Crippen LogP contribution is 2.28. The number of amidine groups is 1. The van der Waals surface area contributed by atoms with Crippen LogP contribution in [0, 0.1) is 0 Å². The normalized spacial score (nSPS) is 17.4. The fourth-order valence-electron chi connectivity index (χ4n) is 4.84. The van der Waals surface area contributed by atoms with E-state index < -0.39 is 0 Å². The number of aliphatic imine (C=N–C) groups is 1. The molecule has 5 rings (SSSR count). The van der Waals surface area contributed by atoms with E-state index in [4.69, 9.17) is 5.73 Å². The molecule has 5 heteroatoms. The molecule has 1 fully saturated rings. The lowest BCUT2D eigenvalue weighted by Crippen LogP contribution is -2.26. The monoisotopic (exact) mass is 442 g/mol. The third-order valence-electron chi connectivity index (χ3n) is 6.58. The average Bonchev–Trinajstić information content (AvgIpc) is 3.54. The number of nitrogens with two attached hydrogens (primary N) is 1. The van der Waals surface area contributed by atoms with Gasteiger partial charge in [-0.2, -0.15) is 0 Å². The fraction of sp³-hybridized carbons (Fsp3) is 0.296. The number of fused-ring (bicyclic) bond motifs is 1. The Hall–Kier alpha value is -2.89. The van der Waals surface area contributed by atoms with Crippen molar-refractivity contribution in [2.45, 2.75) is 38.3 Å². The van der Waals surface area contributed by atoms with Crippen LogP contribution in [0.2, 0.25) is 0 Å². The molecule has 2 aromatic carbocycles. The molecule has 4 aromatic rings. The van der Waals surface area contributed by atoms with Gasteiger partial charge in [-0.1, -0.05) is 36.4 Å². The summed E-state index contributed by atoms with van der Waals surface area (Å²) in [5.41, 5.74) is 11.1. The molecule has 1 unspecified atom stereocenters. The zero-order valence-corrected chi connectivity index (χ0v) is 19.4. The van der Waals surface area contributed by atoms with E-state index >= 15 is 0 Å². The first-order valence-corrected chi connectivity index (χ1v) is 12.3. The molecule has 1 aliphatic rings. The number of benzene rings is 2. The van der Waals surface area contributed by atoms with E-state index in [2.05, 4.69) is 76.1 Å². The van der Waals surface area contributed by atoms with Crippen molar-refractivity contribution in [1.29, 1.82) is 0 Å². The van der Waals surface area contributed by atoms with Crippen LogP contribution in [-0.2, 0) is 13.0 Å². The highest BCUT2D eigenvalue weighted by molar-refractivity contribution is 7.12. The minimum atomic E-state index is 0.576. The quantitative estimate of drug-likeness (QED) is 0.290. The summed E-state index contributed by atoms with van der Waals surface area (Å²) in [6, 6.07) is 24.3. The number of hydrogen-bond acceptors (Lipinski definition) is 3. The maximum absolute atomic E-state index is 6.23. The van der Waals surface area contributed by atoms with Crippen molar-refractivity contribution in [3.63, 3.8) is 0 Å². The summed E-state index contributed by atoms with van der Waals surface area (Å²) in [6.07, 6.45) is 4.75. The second-order valence-electron chi connectivity index (χ2n) is 8.73. The van der Waals surface area contributed by atoms with Crippen LogP contribution in [-0.4, -0.2) is 34.9 Å². The molecule has 0 bridgehead atoms. The molecule has 32 heavy (non-hydrogen) atoms. The van der Waals surface area contributed by atoms with Gasteiger partial charge in [0.2, 0.25) is 0 Å². The van der Waals surface area contributed by atoms with Gasteiger partial charge in [-0.3, -0.25) is 0 Å². The zero-order valence-electron chi connectivity index (χ0n) is 18.6. The number of likely N-dealkylation sites (tertiary alicyclic amines) is 1. The molecule has 0 radical (unpaired) electrons. The highest BCUT2D eigenvalue weighted by atomic mass is 32.1. The Labute approximate surface area is 194 Å². The lowest BCUT2D eigenvalue weighted by molar-refractivity contribution is 0.286. The summed E-state index contributed by atoms with van der Waals surface area (Å²) < 4.78 is 2.52. The first kappa shape index (κ1) is 21.0. The van der Waals surface area contributed by atoms with Crippen molar-refractivity contribution in [2.24, 2.45) is 10.7 Å². The van der Waals surface area contributed by atoms with E-state index in [-0.39, 0.29) is 0 Å². The largest absolute Gasteiger partial charge is 0.383 e. The molecule has 2 N–H and O–H groups in total. The number of rotatable bonds is 7. The van der Waals surface area contributed by atoms with Crippen molar-refractivity contribution < 1.29 is 0 Å². The van der Waals surface area contributed by atoms with E-state index in [0.717, 1.165) is 23.5 Å². The van der Waals surface area contributed by atoms with Crippen molar-refractivity contribution in [3.05, 3.63) is 88.2 Å². The Morgan fingerprint density at radius 1 is 1.09 bits per heavy atom. The smallest absolute Gasteiger partial charge is 0.141 e. The van der Waals surface area contributed by atoms with E-state index in [0.29, 0.717) is 11.9 Å². The second kappa shape index (κ2) is 9.31. The fourth-order valence-corrected chi connectivity index (χ4v) is 5.47. The van der Waals surface area contributed by atoms with Gasteiger partial charge in [0, 0.05) is 35.6 Å². The van der Waals surface area contributed by atoms with Gasteiger partial charge in [0.15, 0.2) is 0 Å². The Bertz CT molecular complexity index is 1210. The molecule has 1 atom stereocenters. The first-order chi connectivity index (χ1) is 15.7. The van der Waals surface area contributed by atoms with Crippen LogP contribution in [0.25, 0.3) is 10.9 Å². The number of hydrogen-bond donors (Lipinski definition) is 1. The molecule has 3 heterocycles. The molecule has 0 amide bonds. The number of aryl methyl sites for hydroxylation is 1. The molecule has 0 saturated carbocycles. The molecular formula is C27H30N4S. The van der Waals surface area contributed by atoms with Crippen molar-refractivity contribution in [1.82, 2.24) is 9.47 Å². The number of nitrogens with zero attached hydrogens (tertiary/aromatic N) is 3. The summed E-state index contributed by atoms with van der Waals surface area (Å²) in [6.45, 7) is 2.27. The summed E-state index contributed by atoms with van der Waals surface area (Å²) in [5.74, 6) is 0.576. The van der Waals surface area contributed by atoms with Crippen LogP contribution in [0.5, 0.6) is 0 Å². The first-order valence-electron chi connectivity index (χ1n) is 11.4. The Morgan fingerprint density at radius 2 is 1.97 bits per heavy atom. The Morgan fingerprint density at radius 3 is 2.72 bits per heavy atom. The van der Waals surface area contributed by atoms with E-state index in [1.165, 1.54) is 48.0 Å². The van der Waals surface area contributed by atoms with Crippen LogP contribution in [0.4, 0.5) is 5.69 Å². The van der Waals surface area contributed by atoms with Crippen LogP contribution in [0.15, 0.2) is 77.1 Å². The predicted octanol–water partition coefficient (Wildman–Crippen LogP) is 5.81. The van der Waals surface area contributed by atoms with Gasteiger partial charge >= 0.3 is 0 Å². The van der Waals surface area contributed by atoms with Crippen LogP contribution in [0.3, 0.4) is 0 Å². The van der Waals surface area contributed by atoms with E-state index in [1.807, 2.05) is 17.5 Å². The lowest BCUT2D eigenvalue weighted by Gasteiger charge is -2.20. The van der Waals surface area contributed by atoms with Gasteiger partial charge in [0.25, 0.3) is 0 Å². The Balaban J connectivity index is 1.48. The summed E-state index contributed by atoms with van der Waals surface area (Å²) in [4.78, 5) is 8.21. The van der Waals surface area contributed by atoms with Gasteiger partial charge in [0.05, 0.1) is 10.6 Å².